The van der Waals surface area contributed by atoms with Crippen LogP contribution in [0.25, 0.3) is 0 Å². The third kappa shape index (κ3) is 6.58. The minimum atomic E-state index is -1.08. The van der Waals surface area contributed by atoms with E-state index in [0.717, 1.165) is 22.3 Å². The highest BCUT2D eigenvalue weighted by atomic mass is 31.0. The Labute approximate surface area is 270 Å². The molecule has 2 atom stereocenters. The molecule has 0 saturated heterocycles. The highest BCUT2D eigenvalue weighted by molar-refractivity contribution is 7.09. The number of amides is 1. The lowest BCUT2D eigenvalue weighted by Crippen LogP contribution is -2.60. The van der Waals surface area contributed by atoms with Crippen LogP contribution in [0.15, 0.2) is 115 Å². The smallest absolute Gasteiger partial charge is 0.271 e. The first-order valence-corrected chi connectivity index (χ1v) is 15.7. The lowest BCUT2D eigenvalue weighted by molar-refractivity contribution is -1.01. The van der Waals surface area contributed by atoms with E-state index < -0.39 is 5.54 Å². The van der Waals surface area contributed by atoms with Gasteiger partial charge in [-0.15, -0.1) is 5.59 Å². The van der Waals surface area contributed by atoms with Gasteiger partial charge in [-0.1, -0.05) is 91.0 Å². The summed E-state index contributed by atoms with van der Waals surface area (Å²) in [5, 5.41) is 11.0. The molecule has 0 aliphatic rings. The average molecular weight is 624 g/mol. The Bertz CT molecular complexity index is 1440. The van der Waals surface area contributed by atoms with Crippen molar-refractivity contribution >= 4 is 15.4 Å². The van der Waals surface area contributed by atoms with Gasteiger partial charge in [-0.3, -0.25) is 14.1 Å². The van der Waals surface area contributed by atoms with E-state index in [-0.39, 0.29) is 24.2 Å². The van der Waals surface area contributed by atoms with Crippen LogP contribution in [0.5, 0.6) is 0 Å². The van der Waals surface area contributed by atoms with Crippen LogP contribution in [0.1, 0.15) is 73.0 Å². The molecule has 0 spiro atoms. The Morgan fingerprint density at radius 2 is 1.27 bits per heavy atom. The van der Waals surface area contributed by atoms with Crippen molar-refractivity contribution < 1.29 is 18.6 Å². The first-order chi connectivity index (χ1) is 21.8. The number of hydrazine groups is 1. The van der Waals surface area contributed by atoms with Crippen molar-refractivity contribution in [3.63, 3.8) is 0 Å². The van der Waals surface area contributed by atoms with Gasteiger partial charge in [-0.05, 0) is 68.7 Å². The summed E-state index contributed by atoms with van der Waals surface area (Å²) in [7, 11) is 3.93. The quantitative estimate of drug-likeness (QED) is 0.0517. The van der Waals surface area contributed by atoms with Crippen LogP contribution in [0.4, 0.5) is 0 Å². The third-order valence-electron chi connectivity index (χ3n) is 8.84. The maximum atomic E-state index is 14.7. The minimum Gasteiger partial charge on any atom is -0.309 e. The third-order valence-corrected chi connectivity index (χ3v) is 9.10. The van der Waals surface area contributed by atoms with Crippen LogP contribution in [0.2, 0.25) is 0 Å². The number of nitrogens with one attached hydrogen (secondary N) is 1. The molecule has 8 heteroatoms. The second-order valence-corrected chi connectivity index (χ2v) is 11.9. The first kappa shape index (κ1) is 34.0. The summed E-state index contributed by atoms with van der Waals surface area (Å²) in [5.41, 5.74) is 5.95. The molecule has 0 heterocycles. The number of nitrogens with zero attached hydrogens (tertiary/aromatic N) is 3. The molecule has 1 N–H and O–H groups in total. The predicted octanol–water partition coefficient (Wildman–Crippen LogP) is 7.54. The van der Waals surface area contributed by atoms with Crippen molar-refractivity contribution in [1.29, 1.82) is 5.26 Å². The van der Waals surface area contributed by atoms with E-state index in [4.69, 9.17) is 9.36 Å². The maximum Gasteiger partial charge on any atom is 0.271 e. The standard InChI is InChI=1S/C37H44N4O3P/c1-28(2)41(29(3)4,27-15-26-38)36(44-45)31-24-22-30(23-25-31)35(42)40(39-43-5)37(32-16-9-6-10-17-32,33-18-11-7-12-19-33)34-20-13-8-14-21-34/h6-14,16-25,28-29,36,39H,15,27,45H2,1-5H3/q+1. The molecule has 4 aromatic carbocycles. The molecule has 7 nitrogen and oxygen atoms in total. The summed E-state index contributed by atoms with van der Waals surface area (Å²) in [4.78, 5) is 20.2. The summed E-state index contributed by atoms with van der Waals surface area (Å²) < 4.78 is 6.66. The molecule has 4 aromatic rings. The van der Waals surface area contributed by atoms with Gasteiger partial charge in [0.25, 0.3) is 5.91 Å². The number of carbonyl (C=O) groups excluding carboxylic acids is 1. The zero-order chi connectivity index (χ0) is 32.5. The van der Waals surface area contributed by atoms with Gasteiger partial charge in [0.1, 0.15) is 5.54 Å². The topological polar surface area (TPSA) is 74.6 Å². The second-order valence-electron chi connectivity index (χ2n) is 11.7. The van der Waals surface area contributed by atoms with Gasteiger partial charge in [0.05, 0.1) is 38.2 Å². The number of benzene rings is 4. The summed E-state index contributed by atoms with van der Waals surface area (Å²) in [6.45, 7) is 9.30. The van der Waals surface area contributed by atoms with Crippen LogP contribution < -0.4 is 5.59 Å². The summed E-state index contributed by atoms with van der Waals surface area (Å²) in [6, 6.07) is 40.2. The van der Waals surface area contributed by atoms with E-state index in [0.29, 0.717) is 23.0 Å². The molecule has 0 bridgehead atoms. The molecular weight excluding hydrogens is 579 g/mol. The fraction of sp³-hybridized carbons (Fsp3) is 0.297. The van der Waals surface area contributed by atoms with Crippen molar-refractivity contribution in [3.8, 4) is 6.07 Å². The molecule has 4 rings (SSSR count). The molecule has 0 radical (unpaired) electrons. The average Bonchev–Trinajstić information content (AvgIpc) is 3.07. The Morgan fingerprint density at radius 3 is 1.62 bits per heavy atom. The number of hydrogen-bond acceptors (Lipinski definition) is 5. The van der Waals surface area contributed by atoms with Crippen molar-refractivity contribution in [2.75, 3.05) is 13.7 Å². The van der Waals surface area contributed by atoms with Crippen LogP contribution in [-0.2, 0) is 14.9 Å². The normalized spacial score (nSPS) is 12.6. The molecular formula is C37H44N4O3P+. The lowest BCUT2D eigenvalue weighted by Gasteiger charge is -2.50. The molecule has 45 heavy (non-hydrogen) atoms. The summed E-state index contributed by atoms with van der Waals surface area (Å²) >= 11 is 0. The molecule has 0 fully saturated rings. The van der Waals surface area contributed by atoms with Crippen molar-refractivity contribution in [3.05, 3.63) is 143 Å². The van der Waals surface area contributed by atoms with E-state index in [2.05, 4.69) is 48.8 Å². The number of carbonyl (C=O) groups is 1. The van der Waals surface area contributed by atoms with E-state index >= 15 is 0 Å². The fourth-order valence-corrected chi connectivity index (χ4v) is 7.07. The number of rotatable bonds is 14. The fourth-order valence-electron chi connectivity index (χ4n) is 6.68. The van der Waals surface area contributed by atoms with E-state index in [1.54, 1.807) is 5.01 Å². The molecule has 0 aliphatic carbocycles. The first-order valence-electron chi connectivity index (χ1n) is 15.3. The Balaban J connectivity index is 1.88. The molecule has 1 amide bonds. The molecule has 2 unspecified atom stereocenters. The van der Waals surface area contributed by atoms with Gasteiger partial charge in [-0.2, -0.15) is 5.26 Å². The Kier molecular flexibility index (Phi) is 11.6. The zero-order valence-electron chi connectivity index (χ0n) is 26.8. The highest BCUT2D eigenvalue weighted by Gasteiger charge is 2.47. The zero-order valence-corrected chi connectivity index (χ0v) is 27.9. The van der Waals surface area contributed by atoms with Gasteiger partial charge >= 0.3 is 0 Å². The van der Waals surface area contributed by atoms with Crippen molar-refractivity contribution in [2.24, 2.45) is 0 Å². The van der Waals surface area contributed by atoms with Crippen molar-refractivity contribution in [1.82, 2.24) is 10.6 Å². The number of quaternary nitrogens is 1. The maximum absolute atomic E-state index is 14.7. The second kappa shape index (κ2) is 15.4. The molecule has 0 aliphatic heterocycles. The molecule has 0 saturated carbocycles. The van der Waals surface area contributed by atoms with Crippen LogP contribution in [-0.4, -0.2) is 41.1 Å². The van der Waals surface area contributed by atoms with E-state index in [1.807, 2.05) is 115 Å². The molecule has 234 valence electrons. The molecule has 0 aromatic heterocycles. The van der Waals surface area contributed by atoms with Gasteiger partial charge in [-0.25, -0.2) is 5.01 Å². The highest BCUT2D eigenvalue weighted by Crippen LogP contribution is 2.43. The number of hydrogen-bond donors (Lipinski definition) is 1. The minimum absolute atomic E-state index is 0.190. The summed E-state index contributed by atoms with van der Waals surface area (Å²) in [6.07, 6.45) is 0.0630. The Morgan fingerprint density at radius 1 is 0.822 bits per heavy atom. The van der Waals surface area contributed by atoms with E-state index in [1.165, 1.54) is 7.11 Å². The van der Waals surface area contributed by atoms with Crippen LogP contribution >= 0.6 is 9.47 Å². The summed E-state index contributed by atoms with van der Waals surface area (Å²) in [5.74, 6) is -0.277. The van der Waals surface area contributed by atoms with Crippen LogP contribution in [0.3, 0.4) is 0 Å². The SMILES string of the molecule is CONN(C(=O)c1ccc(C(OP)[N+](CCC#N)(C(C)C)C(C)C)cc1)C(c1ccccc1)(c1ccccc1)c1ccccc1. The predicted molar refractivity (Wildman–Crippen MR) is 181 cm³/mol. The van der Waals surface area contributed by atoms with Gasteiger partial charge in [0, 0.05) is 20.6 Å². The van der Waals surface area contributed by atoms with Crippen LogP contribution in [0, 0.1) is 11.3 Å². The lowest BCUT2D eigenvalue weighted by atomic mass is 9.76. The largest absolute Gasteiger partial charge is 0.309 e. The van der Waals surface area contributed by atoms with E-state index in [9.17, 15) is 10.1 Å². The number of nitriles is 1. The van der Waals surface area contributed by atoms with Gasteiger partial charge < -0.3 is 4.52 Å². The Hall–Kier alpha value is -3.89. The van der Waals surface area contributed by atoms with Crippen molar-refractivity contribution in [2.45, 2.75) is 58.0 Å². The monoisotopic (exact) mass is 623 g/mol. The van der Waals surface area contributed by atoms with Gasteiger partial charge in [0.15, 0.2) is 0 Å². The van der Waals surface area contributed by atoms with Gasteiger partial charge in [0.2, 0.25) is 6.23 Å².